The summed E-state index contributed by atoms with van der Waals surface area (Å²) in [5.74, 6) is -4.92. The van der Waals surface area contributed by atoms with Gasteiger partial charge in [0.15, 0.2) is 6.10 Å². The number of Topliss-reactive ketones (excluding diaryl/α,β-unsaturated/α-hetero) is 1. The highest BCUT2D eigenvalue weighted by molar-refractivity contribution is 7.61. The molecule has 3 heterocycles. The van der Waals surface area contributed by atoms with Gasteiger partial charge in [-0.1, -0.05) is 141 Å². The Balaban J connectivity index is 1.71. The molecule has 21 nitrogen and oxygen atoms in total. The topological polar surface area (TPSA) is 323 Å². The Bertz CT molecular complexity index is 2020. The number of rotatable bonds is 26. The third-order valence-electron chi connectivity index (χ3n) is 13.4. The van der Waals surface area contributed by atoms with Crippen LogP contribution >= 0.6 is 15.6 Å². The first-order chi connectivity index (χ1) is 35.9. The second-order valence-corrected chi connectivity index (χ2v) is 22.9. The summed E-state index contributed by atoms with van der Waals surface area (Å²) in [4.78, 5) is 78.5. The van der Waals surface area contributed by atoms with E-state index in [4.69, 9.17) is 29.0 Å². The van der Waals surface area contributed by atoms with Crippen LogP contribution in [0.25, 0.3) is 0 Å². The van der Waals surface area contributed by atoms with Crippen molar-refractivity contribution in [3.63, 3.8) is 0 Å². The number of aromatic nitrogens is 2. The van der Waals surface area contributed by atoms with E-state index in [-0.39, 0.29) is 31.5 Å². The molecule has 75 heavy (non-hydrogen) atoms. The Kier molecular flexibility index (Phi) is 32.5. The van der Waals surface area contributed by atoms with E-state index in [0.29, 0.717) is 38.5 Å². The molecular formula is C52H89N3O18P2. The number of nitrogens with two attached hydrogens (primary N) is 1. The van der Waals surface area contributed by atoms with Crippen LogP contribution in [0.3, 0.4) is 0 Å². The van der Waals surface area contributed by atoms with Crippen molar-refractivity contribution >= 4 is 39.2 Å². The molecule has 430 valence electrons. The number of hydrogen-bond acceptors (Lipinski definition) is 18. The minimum absolute atomic E-state index is 0.00207. The van der Waals surface area contributed by atoms with Crippen LogP contribution in [-0.2, 0) is 51.1 Å². The lowest BCUT2D eigenvalue weighted by molar-refractivity contribution is -0.184. The van der Waals surface area contributed by atoms with Crippen molar-refractivity contribution in [2.45, 2.75) is 230 Å². The van der Waals surface area contributed by atoms with Gasteiger partial charge in [-0.25, -0.2) is 13.9 Å². The molecule has 0 spiro atoms. The maximum atomic E-state index is 14.3. The number of anilines is 1. The van der Waals surface area contributed by atoms with Crippen LogP contribution in [0, 0.1) is 11.8 Å². The van der Waals surface area contributed by atoms with E-state index in [9.17, 15) is 58.5 Å². The van der Waals surface area contributed by atoms with Gasteiger partial charge < -0.3 is 50.2 Å². The highest BCUT2D eigenvalue weighted by atomic mass is 31.3. The molecule has 8 N–H and O–H groups in total. The van der Waals surface area contributed by atoms with Crippen LogP contribution < -0.4 is 11.4 Å². The zero-order valence-electron chi connectivity index (χ0n) is 44.3. The first-order valence-electron chi connectivity index (χ1n) is 27.5. The second-order valence-electron chi connectivity index (χ2n) is 19.9. The van der Waals surface area contributed by atoms with Gasteiger partial charge in [-0.05, 0) is 57.4 Å². The Labute approximate surface area is 443 Å². The normalized spacial score (nSPS) is 28.8. The molecule has 2 aliphatic rings. The summed E-state index contributed by atoms with van der Waals surface area (Å²) in [7, 11) is -11.3. The van der Waals surface area contributed by atoms with Crippen LogP contribution in [0.4, 0.5) is 5.82 Å². The molecule has 0 radical (unpaired) electrons. The van der Waals surface area contributed by atoms with Gasteiger partial charge in [0, 0.05) is 31.4 Å². The highest BCUT2D eigenvalue weighted by Gasteiger charge is 2.45. The maximum absolute atomic E-state index is 14.3. The minimum Gasteiger partial charge on any atom is -0.462 e. The van der Waals surface area contributed by atoms with Gasteiger partial charge in [-0.15, -0.1) is 0 Å². The number of aliphatic hydroxyl groups excluding tert-OH is 4. The number of allylic oxidation sites excluding steroid dienone is 2. The van der Waals surface area contributed by atoms with Crippen LogP contribution in [0.5, 0.6) is 0 Å². The number of phosphoric acid groups is 2. The van der Waals surface area contributed by atoms with Crippen molar-refractivity contribution in [1.29, 1.82) is 0 Å². The number of carbonyl (C=O) groups is 3. The number of aliphatic hydroxyl groups is 4. The minimum atomic E-state index is -5.71. The van der Waals surface area contributed by atoms with Crippen LogP contribution in [0.15, 0.2) is 41.4 Å². The molecule has 0 amide bonds. The van der Waals surface area contributed by atoms with E-state index < -0.39 is 120 Å². The van der Waals surface area contributed by atoms with E-state index >= 15 is 0 Å². The average molecular weight is 1110 g/mol. The van der Waals surface area contributed by atoms with Gasteiger partial charge >= 0.3 is 33.3 Å². The van der Waals surface area contributed by atoms with Crippen molar-refractivity contribution in [3.05, 3.63) is 47.1 Å². The first kappa shape index (κ1) is 66.1. The number of nitrogen functional groups attached to an aromatic ring is 1. The number of unbranched alkanes of at least 4 members (excludes halogenated alkanes) is 15. The standard InChI is InChI=1S/C52H89N3O18P2/c1-3-5-7-8-9-10-11-12-13-14-15-16-17-18-19-20-25-29-47(59)68-36-40-37-69-74(64,65)73-75(66,67)70-38-45-50(62)49(61)41(32-31-39(56)27-23-6-4-2)43(57)35-44(58)42(28-24-21-22-26-30-48(60)71-40)51(72-45)55-34-33-46(53)54-52(55)63/h12-13,31-34,39-43,45,49-51,56-57,61-62H,3-11,14-30,35-38H2,1-2H3,(H,64,65)(H,66,67)(H2,53,54,63)/b13-12-,32-31-/t39-,40+,41-,42-,43+,45+,49-,50+,51+/m0/s1. The number of carbonyl (C=O) groups excluding carboxylic acids is 3. The fourth-order valence-electron chi connectivity index (χ4n) is 9.02. The zero-order valence-corrected chi connectivity index (χ0v) is 46.1. The lowest BCUT2D eigenvalue weighted by Crippen LogP contribution is -2.51. The summed E-state index contributed by atoms with van der Waals surface area (Å²) >= 11 is 0. The number of ether oxygens (including phenoxy) is 3. The number of esters is 2. The van der Waals surface area contributed by atoms with E-state index in [1.54, 1.807) is 0 Å². The van der Waals surface area contributed by atoms with Crippen molar-refractivity contribution < 1.29 is 81.3 Å². The van der Waals surface area contributed by atoms with Gasteiger partial charge in [0.25, 0.3) is 0 Å². The molecule has 11 atom stereocenters. The van der Waals surface area contributed by atoms with E-state index in [2.05, 4.69) is 28.4 Å². The number of hydrogen-bond donors (Lipinski definition) is 7. The monoisotopic (exact) mass is 1110 g/mol. The van der Waals surface area contributed by atoms with Crippen molar-refractivity contribution in [3.8, 4) is 0 Å². The van der Waals surface area contributed by atoms with Crippen LogP contribution in [0.1, 0.15) is 193 Å². The number of cyclic esters (lactones) is 1. The van der Waals surface area contributed by atoms with Crippen molar-refractivity contribution in [2.24, 2.45) is 11.8 Å². The first-order valence-corrected chi connectivity index (χ1v) is 30.4. The van der Waals surface area contributed by atoms with Gasteiger partial charge in [-0.3, -0.25) is 28.0 Å². The molecule has 0 aliphatic carbocycles. The smallest absolute Gasteiger partial charge is 0.462 e. The zero-order chi connectivity index (χ0) is 55.1. The number of ketones is 1. The highest BCUT2D eigenvalue weighted by Crippen LogP contribution is 2.60. The van der Waals surface area contributed by atoms with E-state index in [1.165, 1.54) is 62.9 Å². The molecule has 2 bridgehead atoms. The van der Waals surface area contributed by atoms with Crippen LogP contribution in [-0.4, -0.2) is 114 Å². The van der Waals surface area contributed by atoms with E-state index in [1.807, 2.05) is 6.92 Å². The lowest BCUT2D eigenvalue weighted by atomic mass is 9.83. The molecule has 0 saturated carbocycles. The van der Waals surface area contributed by atoms with E-state index in [0.717, 1.165) is 68.8 Å². The van der Waals surface area contributed by atoms with Gasteiger partial charge in [0.1, 0.15) is 36.6 Å². The van der Waals surface area contributed by atoms with Gasteiger partial charge in [-0.2, -0.15) is 9.29 Å². The molecule has 1 aromatic rings. The fourth-order valence-corrected chi connectivity index (χ4v) is 11.1. The largest absolute Gasteiger partial charge is 0.481 e. The Morgan fingerprint density at radius 2 is 1.43 bits per heavy atom. The summed E-state index contributed by atoms with van der Waals surface area (Å²) in [5, 5.41) is 45.5. The second kappa shape index (κ2) is 36.8. The molecule has 2 fully saturated rings. The van der Waals surface area contributed by atoms with Crippen LogP contribution in [0.2, 0.25) is 0 Å². The average Bonchev–Trinajstić information content (AvgIpc) is 3.35. The summed E-state index contributed by atoms with van der Waals surface area (Å²) in [5.41, 5.74) is 4.76. The predicted octanol–water partition coefficient (Wildman–Crippen LogP) is 8.37. The molecule has 0 aromatic carbocycles. The third kappa shape index (κ3) is 27.3. The fraction of sp³-hybridized carbons (Fsp3) is 0.788. The Morgan fingerprint density at radius 3 is 2.08 bits per heavy atom. The lowest BCUT2D eigenvalue weighted by Gasteiger charge is -2.38. The quantitative estimate of drug-likeness (QED) is 0.0198. The molecule has 2 unspecified atom stereocenters. The van der Waals surface area contributed by atoms with Gasteiger partial charge in [0.05, 0.1) is 37.4 Å². The maximum Gasteiger partial charge on any atom is 0.481 e. The predicted molar refractivity (Wildman–Crippen MR) is 281 cm³/mol. The number of phosphoric ester groups is 2. The summed E-state index contributed by atoms with van der Waals surface area (Å²) in [6, 6.07) is 1.23. The molecule has 1 aromatic heterocycles. The SMILES string of the molecule is CCCCCCCC/C=C\CCCCCCCCCC(=O)OC[C@@H]1COP(=O)(O)OP(=O)(O)OC[C@H]2O[C@@H](n3ccc(N)nc3=O)[C@@H](CCCCCCC(=O)O1)C(=O)C[C@@H](O)[C@H](/C=C\[C@@H](O)CCCCC)[C@H](O)[C@@H]2O. The molecule has 3 rings (SSSR count). The molecule has 2 aliphatic heterocycles. The summed E-state index contributed by atoms with van der Waals surface area (Å²) in [6.07, 6.45) is 16.7. The molecule has 2 saturated heterocycles. The number of fused-ring (bicyclic) bond motifs is 3. The summed E-state index contributed by atoms with van der Waals surface area (Å²) < 4.78 is 59.0. The Morgan fingerprint density at radius 1 is 0.827 bits per heavy atom. The Hall–Kier alpha value is -3.17. The van der Waals surface area contributed by atoms with Gasteiger partial charge in [0.2, 0.25) is 0 Å². The van der Waals surface area contributed by atoms with Crippen molar-refractivity contribution in [2.75, 3.05) is 25.6 Å². The third-order valence-corrected chi connectivity index (χ3v) is 16.0. The summed E-state index contributed by atoms with van der Waals surface area (Å²) in [6.45, 7) is 1.51. The molecule has 23 heteroatoms. The van der Waals surface area contributed by atoms with Crippen molar-refractivity contribution in [1.82, 2.24) is 9.55 Å². The molecular weight excluding hydrogens is 1020 g/mol. The number of nitrogens with zero attached hydrogens (tertiary/aromatic N) is 2.